The van der Waals surface area contributed by atoms with Gasteiger partial charge in [0.15, 0.2) is 0 Å². The van der Waals surface area contributed by atoms with Gasteiger partial charge in [0, 0.05) is 12.0 Å². The molecule has 6 heteroatoms. The summed E-state index contributed by atoms with van der Waals surface area (Å²) in [6, 6.07) is 10.5. The quantitative estimate of drug-likeness (QED) is 0.587. The molecule has 1 unspecified atom stereocenters. The Morgan fingerprint density at radius 1 is 1.10 bits per heavy atom. The minimum atomic E-state index is -0.400. The summed E-state index contributed by atoms with van der Waals surface area (Å²) < 4.78 is 20.0. The summed E-state index contributed by atoms with van der Waals surface area (Å²) in [5, 5.41) is 4.32. The Balaban J connectivity index is 1.37. The van der Waals surface area contributed by atoms with E-state index in [4.69, 9.17) is 4.74 Å². The molecule has 0 radical (unpaired) electrons. The molecule has 31 heavy (non-hydrogen) atoms. The summed E-state index contributed by atoms with van der Waals surface area (Å²) in [5.74, 6) is 0.350. The average Bonchev–Trinajstić information content (AvgIpc) is 2.93. The van der Waals surface area contributed by atoms with E-state index in [9.17, 15) is 9.18 Å². The summed E-state index contributed by atoms with van der Waals surface area (Å²) in [4.78, 5) is 16.7. The number of aromatic nitrogens is 3. The molecule has 158 valence electrons. The number of nitrogens with zero attached hydrogens (tertiary/aromatic N) is 3. The van der Waals surface area contributed by atoms with Crippen LogP contribution in [0.4, 0.5) is 4.39 Å². The minimum Gasteiger partial charge on any atom is -0.485 e. The highest BCUT2D eigenvalue weighted by Crippen LogP contribution is 2.47. The number of halogens is 1. The molecule has 5 rings (SSSR count). The fourth-order valence-corrected chi connectivity index (χ4v) is 4.71. The van der Waals surface area contributed by atoms with Crippen molar-refractivity contribution in [3.8, 4) is 11.4 Å². The number of ether oxygens (including phenoxy) is 1. The van der Waals surface area contributed by atoms with Crippen LogP contribution in [-0.2, 0) is 6.61 Å². The van der Waals surface area contributed by atoms with Crippen LogP contribution in [0.3, 0.4) is 0 Å². The number of pyridine rings is 1. The lowest BCUT2D eigenvalue weighted by Crippen LogP contribution is -2.20. The minimum absolute atomic E-state index is 0.138. The number of hydrogen-bond acceptors (Lipinski definition) is 4. The van der Waals surface area contributed by atoms with Gasteiger partial charge in [0.1, 0.15) is 18.2 Å². The molecule has 0 bridgehead atoms. The second kappa shape index (κ2) is 8.10. The maximum atomic E-state index is 13.0. The van der Waals surface area contributed by atoms with Gasteiger partial charge < -0.3 is 4.74 Å². The van der Waals surface area contributed by atoms with Gasteiger partial charge in [-0.15, -0.1) is 0 Å². The number of benzene rings is 1. The predicted octanol–water partition coefficient (Wildman–Crippen LogP) is 5.18. The van der Waals surface area contributed by atoms with E-state index in [-0.39, 0.29) is 12.2 Å². The Morgan fingerprint density at radius 2 is 1.97 bits per heavy atom. The number of rotatable bonds is 4. The van der Waals surface area contributed by atoms with Gasteiger partial charge in [0.2, 0.25) is 0 Å². The second-order valence-electron chi connectivity index (χ2n) is 8.26. The first-order valence-corrected chi connectivity index (χ1v) is 10.8. The van der Waals surface area contributed by atoms with Gasteiger partial charge in [-0.05, 0) is 66.6 Å². The molecule has 0 N–H and O–H groups in total. The summed E-state index contributed by atoms with van der Waals surface area (Å²) >= 11 is 0. The normalized spacial score (nSPS) is 17.8. The van der Waals surface area contributed by atoms with Gasteiger partial charge in [-0.3, -0.25) is 9.78 Å². The highest BCUT2D eigenvalue weighted by atomic mass is 19.1. The molecule has 0 amide bonds. The highest BCUT2D eigenvalue weighted by molar-refractivity contribution is 5.79. The van der Waals surface area contributed by atoms with E-state index in [0.717, 1.165) is 18.3 Å². The SMILES string of the molecule is CC1C2=C(CCCCC2)c2ccc(-n3ncc(OCc4ccc(F)cn4)cc3=O)cc21. The Morgan fingerprint density at radius 3 is 2.77 bits per heavy atom. The zero-order valence-electron chi connectivity index (χ0n) is 17.5. The molecular weight excluding hydrogens is 393 g/mol. The number of allylic oxidation sites excluding steroid dienone is 2. The maximum Gasteiger partial charge on any atom is 0.275 e. The van der Waals surface area contributed by atoms with Crippen LogP contribution in [-0.4, -0.2) is 14.8 Å². The molecule has 0 saturated carbocycles. The van der Waals surface area contributed by atoms with E-state index in [1.807, 2.05) is 6.07 Å². The molecule has 2 aliphatic rings. The molecule has 5 nitrogen and oxygen atoms in total. The van der Waals surface area contributed by atoms with Crippen LogP contribution in [0.2, 0.25) is 0 Å². The fourth-order valence-electron chi connectivity index (χ4n) is 4.71. The second-order valence-corrected chi connectivity index (χ2v) is 8.26. The van der Waals surface area contributed by atoms with E-state index in [1.54, 1.807) is 11.6 Å². The van der Waals surface area contributed by atoms with Crippen LogP contribution in [0.5, 0.6) is 5.75 Å². The lowest BCUT2D eigenvalue weighted by molar-refractivity contribution is 0.298. The molecule has 1 aromatic carbocycles. The summed E-state index contributed by atoms with van der Waals surface area (Å²) in [6.45, 7) is 2.41. The van der Waals surface area contributed by atoms with Crippen LogP contribution in [0, 0.1) is 5.82 Å². The Labute approximate surface area is 180 Å². The Kier molecular flexibility index (Phi) is 5.14. The van der Waals surface area contributed by atoms with Gasteiger partial charge in [0.25, 0.3) is 5.56 Å². The monoisotopic (exact) mass is 417 g/mol. The van der Waals surface area contributed by atoms with Crippen molar-refractivity contribution < 1.29 is 9.13 Å². The zero-order chi connectivity index (χ0) is 21.4. The Hall–Kier alpha value is -3.28. The van der Waals surface area contributed by atoms with Gasteiger partial charge in [-0.25, -0.2) is 4.39 Å². The third-order valence-corrected chi connectivity index (χ3v) is 6.30. The molecule has 0 saturated heterocycles. The topological polar surface area (TPSA) is 57.0 Å². The highest BCUT2D eigenvalue weighted by Gasteiger charge is 2.29. The van der Waals surface area contributed by atoms with E-state index in [2.05, 4.69) is 29.1 Å². The molecule has 3 aromatic rings. The lowest BCUT2D eigenvalue weighted by Gasteiger charge is -2.13. The lowest BCUT2D eigenvalue weighted by atomic mass is 9.94. The standard InChI is InChI=1S/C25H24FN3O2/c1-16-21-5-3-2-4-6-22(21)23-10-9-19(11-24(16)23)29-25(30)12-20(14-28-29)31-15-18-8-7-17(26)13-27-18/h7-14,16H,2-6,15H2,1H3. The maximum absolute atomic E-state index is 13.0. The van der Waals surface area contributed by atoms with Crippen LogP contribution in [0.25, 0.3) is 11.3 Å². The molecular formula is C25H24FN3O2. The van der Waals surface area contributed by atoms with E-state index in [0.29, 0.717) is 17.4 Å². The number of fused-ring (bicyclic) bond motifs is 2. The van der Waals surface area contributed by atoms with Gasteiger partial charge >= 0.3 is 0 Å². The van der Waals surface area contributed by atoms with E-state index >= 15 is 0 Å². The van der Waals surface area contributed by atoms with Crippen molar-refractivity contribution in [3.63, 3.8) is 0 Å². The van der Waals surface area contributed by atoms with Gasteiger partial charge in [0.05, 0.1) is 23.8 Å². The van der Waals surface area contributed by atoms with Crippen molar-refractivity contribution in [1.29, 1.82) is 0 Å². The fraction of sp³-hybridized carbons (Fsp3) is 0.320. The van der Waals surface area contributed by atoms with Gasteiger partial charge in [-0.1, -0.05) is 25.0 Å². The molecule has 1 atom stereocenters. The summed E-state index contributed by atoms with van der Waals surface area (Å²) in [5.41, 5.74) is 6.80. The smallest absolute Gasteiger partial charge is 0.275 e. The largest absolute Gasteiger partial charge is 0.485 e. The molecule has 0 aliphatic heterocycles. The van der Waals surface area contributed by atoms with Crippen molar-refractivity contribution in [1.82, 2.24) is 14.8 Å². The van der Waals surface area contributed by atoms with Crippen molar-refractivity contribution in [2.75, 3.05) is 0 Å². The average molecular weight is 417 g/mol. The third-order valence-electron chi connectivity index (χ3n) is 6.30. The van der Waals surface area contributed by atoms with Crippen molar-refractivity contribution in [2.45, 2.75) is 51.6 Å². The van der Waals surface area contributed by atoms with Crippen molar-refractivity contribution in [3.05, 3.63) is 87.4 Å². The first kappa shape index (κ1) is 19.7. The van der Waals surface area contributed by atoms with E-state index in [1.165, 1.54) is 65.4 Å². The molecule has 0 spiro atoms. The summed E-state index contributed by atoms with van der Waals surface area (Å²) in [7, 11) is 0. The van der Waals surface area contributed by atoms with Crippen LogP contribution < -0.4 is 10.3 Å². The van der Waals surface area contributed by atoms with Crippen molar-refractivity contribution in [2.24, 2.45) is 0 Å². The zero-order valence-corrected chi connectivity index (χ0v) is 17.5. The number of hydrogen-bond donors (Lipinski definition) is 0. The van der Waals surface area contributed by atoms with E-state index < -0.39 is 5.82 Å². The first-order chi connectivity index (χ1) is 15.1. The first-order valence-electron chi connectivity index (χ1n) is 10.8. The van der Waals surface area contributed by atoms with Crippen LogP contribution >= 0.6 is 0 Å². The molecule has 2 heterocycles. The molecule has 2 aromatic heterocycles. The van der Waals surface area contributed by atoms with Crippen LogP contribution in [0.1, 0.15) is 61.8 Å². The third kappa shape index (κ3) is 3.78. The molecule has 2 aliphatic carbocycles. The predicted molar refractivity (Wildman–Crippen MR) is 117 cm³/mol. The Bertz CT molecular complexity index is 1210. The van der Waals surface area contributed by atoms with Crippen LogP contribution in [0.15, 0.2) is 59.2 Å². The molecule has 0 fully saturated rings. The van der Waals surface area contributed by atoms with Gasteiger partial charge in [-0.2, -0.15) is 9.78 Å². The summed E-state index contributed by atoms with van der Waals surface area (Å²) in [6.07, 6.45) is 8.81. The van der Waals surface area contributed by atoms with Crippen molar-refractivity contribution >= 4 is 5.57 Å².